The van der Waals surface area contributed by atoms with Crippen molar-refractivity contribution in [2.75, 3.05) is 19.7 Å². The monoisotopic (exact) mass is 471 g/mol. The van der Waals surface area contributed by atoms with Crippen LogP contribution in [0.25, 0.3) is 0 Å². The first-order valence-corrected chi connectivity index (χ1v) is 12.2. The van der Waals surface area contributed by atoms with Crippen LogP contribution < -0.4 is 5.32 Å². The molecule has 9 heteroatoms. The first kappa shape index (κ1) is 29.4. The summed E-state index contributed by atoms with van der Waals surface area (Å²) in [6.45, 7) is 4.38. The largest absolute Gasteiger partial charge is 0.459 e. The third-order valence-electron chi connectivity index (χ3n) is 5.24. The first-order chi connectivity index (χ1) is 16.3. The lowest BCUT2D eigenvalue weighted by atomic mass is 10.0. The Balaban J connectivity index is 2.06. The van der Waals surface area contributed by atoms with Gasteiger partial charge in [-0.3, -0.25) is 0 Å². The van der Waals surface area contributed by atoms with E-state index in [1.807, 2.05) is 18.2 Å². The molecule has 1 aromatic carbocycles. The molecule has 2 N–H and O–H groups in total. The molecule has 0 radical (unpaired) electrons. The number of nitrogens with one attached hydrogen (secondary N) is 1. The molecule has 0 fully saturated rings. The van der Waals surface area contributed by atoms with Crippen LogP contribution in [-0.4, -0.2) is 37.0 Å². The van der Waals surface area contributed by atoms with E-state index in [2.05, 4.69) is 37.3 Å². The maximum atomic E-state index is 12.4. The Hall–Kier alpha value is -1.59. The molecule has 0 amide bonds. The highest BCUT2D eigenvalue weighted by Gasteiger charge is 2.15. The minimum absolute atomic E-state index is 0.0404. The Morgan fingerprint density at radius 2 is 1.52 bits per heavy atom. The molecule has 1 rings (SSSR count). The van der Waals surface area contributed by atoms with Crippen molar-refractivity contribution in [2.24, 2.45) is 0 Å². The van der Waals surface area contributed by atoms with Crippen molar-refractivity contribution in [2.45, 2.75) is 90.1 Å². The zero-order valence-electron chi connectivity index (χ0n) is 19.9. The summed E-state index contributed by atoms with van der Waals surface area (Å²) in [5.41, 5.74) is 0.613. The molecule has 1 unspecified atom stereocenters. The molecule has 1 atom stereocenters. The van der Waals surface area contributed by atoms with Gasteiger partial charge >= 0.3 is 5.97 Å². The number of carbonyl (C=O) groups excluding carboxylic acids is 1. The van der Waals surface area contributed by atoms with Gasteiger partial charge in [0.2, 0.25) is 0 Å². The van der Waals surface area contributed by atoms with Crippen LogP contribution in [0.2, 0.25) is 0 Å². The smallest absolute Gasteiger partial charge is 0.338 e. The summed E-state index contributed by atoms with van der Waals surface area (Å²) in [6.07, 6.45) is 12.9. The van der Waals surface area contributed by atoms with Gasteiger partial charge in [-0.15, -0.1) is 0 Å². The van der Waals surface area contributed by atoms with Gasteiger partial charge in [-0.2, -0.15) is 0 Å². The lowest BCUT2D eigenvalue weighted by Crippen LogP contribution is -2.25. The number of benzene rings is 1. The molecular weight excluding hydrogens is 430 g/mol. The van der Waals surface area contributed by atoms with E-state index in [4.69, 9.17) is 9.99 Å². The Kier molecular flexibility index (Phi) is 19.8. The summed E-state index contributed by atoms with van der Waals surface area (Å²) in [6, 6.07) is 9.22. The van der Waals surface area contributed by atoms with Gasteiger partial charge in [0, 0.05) is 0 Å². The second kappa shape index (κ2) is 22.2. The molecule has 0 aromatic heterocycles. The zero-order valence-corrected chi connectivity index (χ0v) is 19.9. The average molecular weight is 472 g/mol. The van der Waals surface area contributed by atoms with E-state index in [0.29, 0.717) is 12.2 Å². The highest BCUT2D eigenvalue weighted by molar-refractivity contribution is 5.89. The van der Waals surface area contributed by atoms with E-state index in [1.165, 1.54) is 25.7 Å². The Labute approximate surface area is 197 Å². The molecule has 1 aromatic rings. The zero-order chi connectivity index (χ0) is 23.8. The summed E-state index contributed by atoms with van der Waals surface area (Å²) in [4.78, 5) is 17.1. The summed E-state index contributed by atoms with van der Waals surface area (Å²) >= 11 is 0. The second-order valence-corrected chi connectivity index (χ2v) is 8.00. The van der Waals surface area contributed by atoms with Gasteiger partial charge in [-0.1, -0.05) is 70.1 Å². The predicted octanol–water partition coefficient (Wildman–Crippen LogP) is 5.72. The van der Waals surface area contributed by atoms with Gasteiger partial charge < -0.3 is 10.1 Å². The number of hydrogen-bond acceptors (Lipinski definition) is 9. The molecular formula is C24H41NO8. The maximum Gasteiger partial charge on any atom is 0.338 e. The summed E-state index contributed by atoms with van der Waals surface area (Å²) in [5.74, 6) is -0.229. The van der Waals surface area contributed by atoms with E-state index in [-0.39, 0.29) is 12.1 Å². The Morgan fingerprint density at radius 3 is 2.18 bits per heavy atom. The molecule has 0 aliphatic heterocycles. The third kappa shape index (κ3) is 17.5. The molecule has 9 nitrogen and oxygen atoms in total. The van der Waals surface area contributed by atoms with Crippen LogP contribution in [-0.2, 0) is 29.8 Å². The fourth-order valence-corrected chi connectivity index (χ4v) is 3.47. The van der Waals surface area contributed by atoms with E-state index in [9.17, 15) is 4.79 Å². The van der Waals surface area contributed by atoms with Crippen LogP contribution in [0.15, 0.2) is 30.3 Å². The molecule has 0 saturated carbocycles. The minimum atomic E-state index is -0.229. The van der Waals surface area contributed by atoms with Gasteiger partial charge in [-0.25, -0.2) is 14.9 Å². The quantitative estimate of drug-likeness (QED) is 0.0897. The van der Waals surface area contributed by atoms with E-state index in [1.54, 1.807) is 12.1 Å². The van der Waals surface area contributed by atoms with Gasteiger partial charge in [0.1, 0.15) is 6.10 Å². The van der Waals surface area contributed by atoms with Crippen molar-refractivity contribution in [3.63, 3.8) is 0 Å². The number of unbranched alkanes of at least 4 members (excludes halogenated alkanes) is 8. The van der Waals surface area contributed by atoms with E-state index < -0.39 is 0 Å². The lowest BCUT2D eigenvalue weighted by Gasteiger charge is -2.18. The SMILES string of the molecule is CCCNCCC(CCCCCCCCCCCOOOOOO)OC(=O)c1ccccc1. The topological polar surface area (TPSA) is 105 Å². The standard InChI is InChI=1S/C24H41NO8/c1-2-19-25-20-18-23(29-24(26)22-15-11-10-12-16-22)17-13-8-6-4-3-5-7-9-14-21-28-31-33-32-30-27/h10-12,15-16,23,25,27H,2-9,13-14,17-21H2,1H3. The average Bonchev–Trinajstić information content (AvgIpc) is 2.84. The number of esters is 1. The van der Waals surface area contributed by atoms with Crippen LogP contribution in [0.4, 0.5) is 0 Å². The van der Waals surface area contributed by atoms with E-state index in [0.717, 1.165) is 64.5 Å². The van der Waals surface area contributed by atoms with Crippen LogP contribution in [0, 0.1) is 0 Å². The van der Waals surface area contributed by atoms with Crippen molar-refractivity contribution in [3.05, 3.63) is 35.9 Å². The van der Waals surface area contributed by atoms with Crippen LogP contribution in [0.1, 0.15) is 94.3 Å². The summed E-state index contributed by atoms with van der Waals surface area (Å²) in [5, 5.41) is 25.9. The van der Waals surface area contributed by atoms with E-state index >= 15 is 0 Å². The van der Waals surface area contributed by atoms with Crippen LogP contribution in [0.5, 0.6) is 0 Å². The van der Waals surface area contributed by atoms with Crippen molar-refractivity contribution < 1.29 is 39.8 Å². The maximum absolute atomic E-state index is 12.4. The Bertz CT molecular complexity index is 561. The fourth-order valence-electron chi connectivity index (χ4n) is 3.47. The van der Waals surface area contributed by atoms with Gasteiger partial charge in [0.05, 0.1) is 12.2 Å². The predicted molar refractivity (Wildman–Crippen MR) is 123 cm³/mol. The number of ether oxygens (including phenoxy) is 1. The van der Waals surface area contributed by atoms with Crippen molar-refractivity contribution >= 4 is 5.97 Å². The molecule has 0 aliphatic rings. The van der Waals surface area contributed by atoms with Gasteiger partial charge in [0.15, 0.2) is 0 Å². The lowest BCUT2D eigenvalue weighted by molar-refractivity contribution is -0.753. The molecule has 33 heavy (non-hydrogen) atoms. The van der Waals surface area contributed by atoms with Crippen LogP contribution in [0.3, 0.4) is 0 Å². The van der Waals surface area contributed by atoms with Gasteiger partial charge in [-0.05, 0) is 77.5 Å². The van der Waals surface area contributed by atoms with Crippen molar-refractivity contribution in [3.8, 4) is 0 Å². The van der Waals surface area contributed by atoms with Gasteiger partial charge in [0.25, 0.3) is 0 Å². The van der Waals surface area contributed by atoms with Crippen molar-refractivity contribution in [1.29, 1.82) is 0 Å². The minimum Gasteiger partial charge on any atom is -0.459 e. The molecule has 0 saturated heterocycles. The molecule has 0 aliphatic carbocycles. The fraction of sp³-hybridized carbons (Fsp3) is 0.708. The number of carbonyl (C=O) groups is 1. The molecule has 0 bridgehead atoms. The van der Waals surface area contributed by atoms with Crippen molar-refractivity contribution in [1.82, 2.24) is 5.32 Å². The highest BCUT2D eigenvalue weighted by Crippen LogP contribution is 2.15. The second-order valence-electron chi connectivity index (χ2n) is 8.00. The first-order valence-electron chi connectivity index (χ1n) is 12.2. The van der Waals surface area contributed by atoms with Crippen LogP contribution >= 0.6 is 0 Å². The molecule has 0 heterocycles. The molecule has 190 valence electrons. The third-order valence-corrected chi connectivity index (χ3v) is 5.24. The summed E-state index contributed by atoms with van der Waals surface area (Å²) in [7, 11) is 0. The number of rotatable bonds is 23. The molecule has 0 spiro atoms. The Morgan fingerprint density at radius 1 is 0.848 bits per heavy atom. The normalized spacial score (nSPS) is 12.1. The number of hydrogen-bond donors (Lipinski definition) is 2. The summed E-state index contributed by atoms with van der Waals surface area (Å²) < 4.78 is 5.81. The highest BCUT2D eigenvalue weighted by atomic mass is 17.8.